The van der Waals surface area contributed by atoms with Crippen LogP contribution in [-0.2, 0) is 5.41 Å². The molecule has 0 spiro atoms. The lowest BCUT2D eigenvalue weighted by atomic mass is 9.87. The van der Waals surface area contributed by atoms with Crippen LogP contribution in [0, 0.1) is 0 Å². The van der Waals surface area contributed by atoms with Gasteiger partial charge in [-0.05, 0) is 49.1 Å². The lowest BCUT2D eigenvalue weighted by Crippen LogP contribution is -3.00. The molecule has 0 saturated carbocycles. The van der Waals surface area contributed by atoms with Gasteiger partial charge in [-0.25, -0.2) is 9.55 Å². The zero-order valence-corrected chi connectivity index (χ0v) is 16.6. The maximum Gasteiger partial charge on any atom is 0.273 e. The zero-order chi connectivity index (χ0) is 15.9. The number of rotatable bonds is 2. The highest BCUT2D eigenvalue weighted by Gasteiger charge is 2.20. The molecule has 4 heteroatoms. The molecule has 0 aliphatic heterocycles. The second-order valence-corrected chi connectivity index (χ2v) is 7.13. The quantitative estimate of drug-likeness (QED) is 0.450. The van der Waals surface area contributed by atoms with E-state index in [-0.39, 0.29) is 29.4 Å². The van der Waals surface area contributed by atoms with E-state index in [2.05, 4.69) is 85.4 Å². The summed E-state index contributed by atoms with van der Waals surface area (Å²) in [6, 6.07) is 13.3. The van der Waals surface area contributed by atoms with Crippen molar-refractivity contribution in [3.63, 3.8) is 0 Å². The maximum absolute atomic E-state index is 4.57. The van der Waals surface area contributed by atoms with Crippen LogP contribution >= 0.6 is 0 Å². The highest BCUT2D eigenvalue weighted by molar-refractivity contribution is 5.69. The van der Waals surface area contributed by atoms with Crippen LogP contribution in [0.2, 0.25) is 0 Å². The lowest BCUT2D eigenvalue weighted by Gasteiger charge is -2.18. The number of hydrogen-bond donors (Lipinski definition) is 0. The molecule has 23 heavy (non-hydrogen) atoms. The van der Waals surface area contributed by atoms with Crippen molar-refractivity contribution in [2.75, 3.05) is 0 Å². The first kappa shape index (κ1) is 17.9. The second-order valence-electron chi connectivity index (χ2n) is 7.13. The van der Waals surface area contributed by atoms with Crippen molar-refractivity contribution < 1.29 is 28.5 Å². The number of benzene rings is 1. The summed E-state index contributed by atoms with van der Waals surface area (Å²) < 4.78 is 4.43. The van der Waals surface area contributed by atoms with E-state index in [1.165, 1.54) is 5.56 Å². The second kappa shape index (κ2) is 6.59. The predicted octanol–water partition coefficient (Wildman–Crippen LogP) is 1.20. The molecule has 0 aliphatic carbocycles. The van der Waals surface area contributed by atoms with Crippen molar-refractivity contribution in [2.45, 2.75) is 46.1 Å². The van der Waals surface area contributed by atoms with E-state index in [1.54, 1.807) is 0 Å². The van der Waals surface area contributed by atoms with Gasteiger partial charge in [0.2, 0.25) is 0 Å². The first-order chi connectivity index (χ1) is 10.4. The number of halogens is 1. The molecule has 2 heterocycles. The summed E-state index contributed by atoms with van der Waals surface area (Å²) in [6.45, 7) is 11.1. The van der Waals surface area contributed by atoms with Crippen LogP contribution in [0.4, 0.5) is 0 Å². The molecule has 0 saturated heterocycles. The van der Waals surface area contributed by atoms with Crippen molar-refractivity contribution in [3.8, 4) is 5.69 Å². The number of fused-ring (bicyclic) bond motifs is 1. The highest BCUT2D eigenvalue weighted by atomic mass is 127. The molecule has 3 rings (SSSR count). The largest absolute Gasteiger partial charge is 1.00 e. The molecular weight excluding hydrogens is 397 g/mol. The lowest BCUT2D eigenvalue weighted by molar-refractivity contribution is -0.691. The third-order valence-electron chi connectivity index (χ3n) is 4.08. The van der Waals surface area contributed by atoms with Crippen LogP contribution in [0.1, 0.15) is 46.2 Å². The molecule has 0 amide bonds. The SMILES string of the molecule is CC(C)[n+]1cn(-c2ccc(C(C)(C)C)cc2)c2ncccc21.[I-]. The van der Waals surface area contributed by atoms with Crippen LogP contribution in [0.3, 0.4) is 0 Å². The van der Waals surface area contributed by atoms with Gasteiger partial charge in [0.25, 0.3) is 12.0 Å². The minimum Gasteiger partial charge on any atom is -1.00 e. The Morgan fingerprint density at radius 1 is 1.04 bits per heavy atom. The van der Waals surface area contributed by atoms with E-state index in [0.717, 1.165) is 16.9 Å². The molecule has 0 N–H and O–H groups in total. The maximum atomic E-state index is 4.57. The molecule has 0 bridgehead atoms. The summed E-state index contributed by atoms with van der Waals surface area (Å²) in [5.41, 5.74) is 4.83. The van der Waals surface area contributed by atoms with E-state index in [1.807, 2.05) is 12.3 Å². The first-order valence-corrected chi connectivity index (χ1v) is 7.86. The molecule has 2 aromatic heterocycles. The van der Waals surface area contributed by atoms with Crippen LogP contribution in [0.25, 0.3) is 16.9 Å². The molecule has 3 aromatic rings. The zero-order valence-electron chi connectivity index (χ0n) is 14.4. The van der Waals surface area contributed by atoms with Gasteiger partial charge in [-0.1, -0.05) is 32.9 Å². The van der Waals surface area contributed by atoms with Gasteiger partial charge in [0.15, 0.2) is 5.52 Å². The standard InChI is InChI=1S/C19H24N3.HI/c1-14(2)21-13-22(18-17(21)7-6-12-20-18)16-10-8-15(9-11-16)19(3,4)5;/h6-14H,1-5H3;1H/q+1;/p-1. The van der Waals surface area contributed by atoms with Crippen LogP contribution in [0.5, 0.6) is 0 Å². The number of nitrogens with zero attached hydrogens (tertiary/aromatic N) is 3. The topological polar surface area (TPSA) is 21.7 Å². The van der Waals surface area contributed by atoms with Gasteiger partial charge in [0.1, 0.15) is 5.69 Å². The molecule has 0 radical (unpaired) electrons. The average Bonchev–Trinajstić information content (AvgIpc) is 2.86. The third kappa shape index (κ3) is 3.42. The molecule has 122 valence electrons. The molecule has 0 atom stereocenters. The van der Waals surface area contributed by atoms with Gasteiger partial charge in [-0.15, -0.1) is 0 Å². The van der Waals surface area contributed by atoms with Crippen LogP contribution in [0.15, 0.2) is 48.9 Å². The smallest absolute Gasteiger partial charge is 0.273 e. The molecule has 0 unspecified atom stereocenters. The van der Waals surface area contributed by atoms with E-state index < -0.39 is 0 Å². The van der Waals surface area contributed by atoms with Crippen molar-refractivity contribution in [3.05, 3.63) is 54.5 Å². The van der Waals surface area contributed by atoms with Crippen molar-refractivity contribution in [2.24, 2.45) is 0 Å². The van der Waals surface area contributed by atoms with Gasteiger partial charge >= 0.3 is 0 Å². The van der Waals surface area contributed by atoms with Gasteiger partial charge in [-0.3, -0.25) is 0 Å². The Kier molecular flexibility index (Phi) is 5.14. The fourth-order valence-corrected chi connectivity index (χ4v) is 2.74. The minimum atomic E-state index is 0. The van der Waals surface area contributed by atoms with Gasteiger partial charge in [-0.2, -0.15) is 4.57 Å². The average molecular weight is 421 g/mol. The van der Waals surface area contributed by atoms with Crippen LogP contribution < -0.4 is 28.5 Å². The van der Waals surface area contributed by atoms with Gasteiger partial charge in [0.05, 0.1) is 6.04 Å². The third-order valence-corrected chi connectivity index (χ3v) is 4.08. The Bertz CT molecular complexity index is 796. The Morgan fingerprint density at radius 2 is 1.70 bits per heavy atom. The van der Waals surface area contributed by atoms with E-state index in [0.29, 0.717) is 6.04 Å². The molecular formula is C19H24IN3. The first-order valence-electron chi connectivity index (χ1n) is 7.86. The Hall–Kier alpha value is -1.43. The minimum absolute atomic E-state index is 0. The van der Waals surface area contributed by atoms with Crippen molar-refractivity contribution >= 4 is 11.2 Å². The number of hydrogen-bond acceptors (Lipinski definition) is 1. The fraction of sp³-hybridized carbons (Fsp3) is 0.368. The monoisotopic (exact) mass is 421 g/mol. The van der Waals surface area contributed by atoms with E-state index in [9.17, 15) is 0 Å². The van der Waals surface area contributed by atoms with Crippen molar-refractivity contribution in [1.29, 1.82) is 0 Å². The molecule has 1 aromatic carbocycles. The number of pyridine rings is 1. The Morgan fingerprint density at radius 3 is 2.26 bits per heavy atom. The normalized spacial score (nSPS) is 11.7. The van der Waals surface area contributed by atoms with E-state index >= 15 is 0 Å². The van der Waals surface area contributed by atoms with Crippen molar-refractivity contribution in [1.82, 2.24) is 9.55 Å². The highest BCUT2D eigenvalue weighted by Crippen LogP contribution is 2.24. The van der Waals surface area contributed by atoms with E-state index in [4.69, 9.17) is 0 Å². The summed E-state index contributed by atoms with van der Waals surface area (Å²) in [5.74, 6) is 0. The van der Waals surface area contributed by atoms with Gasteiger partial charge < -0.3 is 24.0 Å². The molecule has 3 nitrogen and oxygen atoms in total. The fourth-order valence-electron chi connectivity index (χ4n) is 2.74. The Balaban J connectivity index is 0.00000192. The predicted molar refractivity (Wildman–Crippen MR) is 90.4 cm³/mol. The summed E-state index contributed by atoms with van der Waals surface area (Å²) >= 11 is 0. The number of imidazole rings is 1. The number of aromatic nitrogens is 3. The van der Waals surface area contributed by atoms with Gasteiger partial charge in [0, 0.05) is 6.20 Å². The Labute approximate surface area is 155 Å². The summed E-state index contributed by atoms with van der Waals surface area (Å²) in [6.07, 6.45) is 4.00. The summed E-state index contributed by atoms with van der Waals surface area (Å²) in [4.78, 5) is 4.57. The molecule has 0 aliphatic rings. The summed E-state index contributed by atoms with van der Waals surface area (Å²) in [5, 5.41) is 0. The molecule has 0 fully saturated rings. The van der Waals surface area contributed by atoms with Crippen LogP contribution in [-0.4, -0.2) is 9.55 Å². The summed E-state index contributed by atoms with van der Waals surface area (Å²) in [7, 11) is 0.